The van der Waals surface area contributed by atoms with Gasteiger partial charge in [-0.2, -0.15) is 0 Å². The summed E-state index contributed by atoms with van der Waals surface area (Å²) in [4.78, 5) is 8.76. The molecule has 0 aliphatic heterocycles. The zero-order valence-corrected chi connectivity index (χ0v) is 13.4. The number of thiophene rings is 1. The Morgan fingerprint density at radius 3 is 2.48 bits per heavy atom. The Kier molecular flexibility index (Phi) is 3.52. The second kappa shape index (κ2) is 5.82. The molecule has 0 N–H and O–H groups in total. The van der Waals surface area contributed by atoms with Gasteiger partial charge in [-0.3, -0.25) is 0 Å². The van der Waals surface area contributed by atoms with Crippen LogP contribution in [-0.4, -0.2) is 9.97 Å². The van der Waals surface area contributed by atoms with Crippen molar-refractivity contribution in [3.05, 3.63) is 71.9 Å². The average Bonchev–Trinajstić information content (AvgIpc) is 3.03. The van der Waals surface area contributed by atoms with Gasteiger partial charge in [-0.25, -0.2) is 9.97 Å². The van der Waals surface area contributed by atoms with Gasteiger partial charge in [0, 0.05) is 10.9 Å². The molecule has 2 aromatic carbocycles. The van der Waals surface area contributed by atoms with E-state index in [9.17, 15) is 0 Å². The van der Waals surface area contributed by atoms with Gasteiger partial charge in [-0.05, 0) is 24.6 Å². The van der Waals surface area contributed by atoms with Crippen LogP contribution in [0.5, 0.6) is 11.6 Å². The van der Waals surface area contributed by atoms with Gasteiger partial charge < -0.3 is 4.74 Å². The van der Waals surface area contributed by atoms with E-state index in [1.807, 2.05) is 42.5 Å². The maximum Gasteiger partial charge on any atom is 0.240 e. The van der Waals surface area contributed by atoms with Crippen LogP contribution >= 0.6 is 11.3 Å². The summed E-state index contributed by atoms with van der Waals surface area (Å²) in [6.07, 6.45) is 1.56. The van der Waals surface area contributed by atoms with Crippen molar-refractivity contribution in [1.29, 1.82) is 0 Å². The first-order valence-corrected chi connectivity index (χ1v) is 8.21. The van der Waals surface area contributed by atoms with Crippen LogP contribution in [0.1, 0.15) is 5.56 Å². The number of ether oxygens (including phenoxy) is 1. The Labute approximate surface area is 138 Å². The van der Waals surface area contributed by atoms with Gasteiger partial charge in [0.05, 0.1) is 5.52 Å². The summed E-state index contributed by atoms with van der Waals surface area (Å²) in [6.45, 7) is 2.05. The van der Waals surface area contributed by atoms with Crippen LogP contribution in [0.2, 0.25) is 0 Å². The third kappa shape index (κ3) is 2.69. The highest BCUT2D eigenvalue weighted by atomic mass is 32.1. The van der Waals surface area contributed by atoms with Crippen molar-refractivity contribution in [2.24, 2.45) is 0 Å². The minimum atomic E-state index is 0.603. The van der Waals surface area contributed by atoms with Crippen LogP contribution in [0, 0.1) is 6.92 Å². The van der Waals surface area contributed by atoms with Crippen LogP contribution in [0.4, 0.5) is 0 Å². The van der Waals surface area contributed by atoms with E-state index in [1.165, 1.54) is 5.56 Å². The molecular formula is C19H14N2OS. The lowest BCUT2D eigenvalue weighted by Crippen LogP contribution is -1.90. The van der Waals surface area contributed by atoms with E-state index in [-0.39, 0.29) is 0 Å². The zero-order chi connectivity index (χ0) is 15.6. The van der Waals surface area contributed by atoms with Gasteiger partial charge in [-0.15, -0.1) is 11.3 Å². The van der Waals surface area contributed by atoms with Gasteiger partial charge in [0.25, 0.3) is 0 Å². The van der Waals surface area contributed by atoms with Gasteiger partial charge in [0.2, 0.25) is 5.88 Å². The predicted molar refractivity (Wildman–Crippen MR) is 94.1 cm³/mol. The number of rotatable bonds is 3. The van der Waals surface area contributed by atoms with Crippen molar-refractivity contribution in [3.63, 3.8) is 0 Å². The monoisotopic (exact) mass is 318 g/mol. The SMILES string of the molecule is Cc1ccc(Oc2ncnc3c(-c4ccccc4)csc23)cc1. The number of aromatic nitrogens is 2. The number of benzene rings is 2. The molecule has 4 aromatic rings. The average molecular weight is 318 g/mol. The maximum absolute atomic E-state index is 5.96. The fraction of sp³-hybridized carbons (Fsp3) is 0.0526. The minimum absolute atomic E-state index is 0.603. The molecule has 2 heterocycles. The fourth-order valence-corrected chi connectivity index (χ4v) is 3.40. The zero-order valence-electron chi connectivity index (χ0n) is 12.6. The lowest BCUT2D eigenvalue weighted by Gasteiger charge is -2.06. The van der Waals surface area contributed by atoms with Crippen molar-refractivity contribution in [1.82, 2.24) is 9.97 Å². The van der Waals surface area contributed by atoms with Crippen molar-refractivity contribution < 1.29 is 4.74 Å². The number of hydrogen-bond acceptors (Lipinski definition) is 4. The molecule has 4 rings (SSSR count). The molecule has 0 saturated heterocycles. The van der Waals surface area contributed by atoms with E-state index in [4.69, 9.17) is 4.74 Å². The summed E-state index contributed by atoms with van der Waals surface area (Å²) in [5.74, 6) is 1.39. The van der Waals surface area contributed by atoms with Crippen molar-refractivity contribution in [3.8, 4) is 22.8 Å². The molecule has 0 atom stereocenters. The van der Waals surface area contributed by atoms with E-state index in [1.54, 1.807) is 17.7 Å². The van der Waals surface area contributed by atoms with Crippen LogP contribution < -0.4 is 4.74 Å². The van der Waals surface area contributed by atoms with Crippen molar-refractivity contribution in [2.75, 3.05) is 0 Å². The number of aryl methyl sites for hydroxylation is 1. The van der Waals surface area contributed by atoms with Crippen LogP contribution in [0.25, 0.3) is 21.3 Å². The number of fused-ring (bicyclic) bond motifs is 1. The molecule has 0 aliphatic carbocycles. The molecule has 0 amide bonds. The maximum atomic E-state index is 5.96. The first-order valence-electron chi connectivity index (χ1n) is 7.33. The molecular weight excluding hydrogens is 304 g/mol. The van der Waals surface area contributed by atoms with E-state index < -0.39 is 0 Å². The molecule has 0 saturated carbocycles. The van der Waals surface area contributed by atoms with Crippen LogP contribution in [-0.2, 0) is 0 Å². The lowest BCUT2D eigenvalue weighted by molar-refractivity contribution is 0.469. The second-order valence-corrected chi connectivity index (χ2v) is 6.17. The quantitative estimate of drug-likeness (QED) is 0.503. The smallest absolute Gasteiger partial charge is 0.240 e. The molecule has 0 aliphatic rings. The molecule has 3 nitrogen and oxygen atoms in total. The molecule has 112 valence electrons. The summed E-state index contributed by atoms with van der Waals surface area (Å²) in [5.41, 5.74) is 4.39. The highest BCUT2D eigenvalue weighted by Crippen LogP contribution is 2.37. The number of hydrogen-bond donors (Lipinski definition) is 0. The lowest BCUT2D eigenvalue weighted by atomic mass is 10.1. The molecule has 4 heteroatoms. The van der Waals surface area contributed by atoms with E-state index in [0.717, 1.165) is 27.1 Å². The van der Waals surface area contributed by atoms with Gasteiger partial charge >= 0.3 is 0 Å². The molecule has 2 aromatic heterocycles. The molecule has 0 unspecified atom stereocenters. The molecule has 23 heavy (non-hydrogen) atoms. The molecule has 0 radical (unpaired) electrons. The minimum Gasteiger partial charge on any atom is -0.437 e. The molecule has 0 spiro atoms. The fourth-order valence-electron chi connectivity index (χ4n) is 2.44. The number of nitrogens with zero attached hydrogens (tertiary/aromatic N) is 2. The highest BCUT2D eigenvalue weighted by molar-refractivity contribution is 7.18. The van der Waals surface area contributed by atoms with E-state index in [0.29, 0.717) is 5.88 Å². The normalized spacial score (nSPS) is 10.8. The van der Waals surface area contributed by atoms with Crippen molar-refractivity contribution in [2.45, 2.75) is 6.92 Å². The van der Waals surface area contributed by atoms with Gasteiger partial charge in [0.15, 0.2) is 0 Å². The topological polar surface area (TPSA) is 35.0 Å². The molecule has 0 fully saturated rings. The summed E-state index contributed by atoms with van der Waals surface area (Å²) >= 11 is 1.61. The Morgan fingerprint density at radius 2 is 1.70 bits per heavy atom. The predicted octanol–water partition coefficient (Wildman–Crippen LogP) is 5.46. The summed E-state index contributed by atoms with van der Waals surface area (Å²) in [6, 6.07) is 18.2. The summed E-state index contributed by atoms with van der Waals surface area (Å²) in [5, 5.41) is 2.11. The Balaban J connectivity index is 1.77. The van der Waals surface area contributed by atoms with E-state index >= 15 is 0 Å². The van der Waals surface area contributed by atoms with Gasteiger partial charge in [-0.1, -0.05) is 48.0 Å². The summed E-state index contributed by atoms with van der Waals surface area (Å²) < 4.78 is 6.92. The molecule has 0 bridgehead atoms. The van der Waals surface area contributed by atoms with Gasteiger partial charge in [0.1, 0.15) is 16.8 Å². The highest BCUT2D eigenvalue weighted by Gasteiger charge is 2.13. The standard InChI is InChI=1S/C19H14N2OS/c1-13-7-9-15(10-8-13)22-19-18-17(20-12-21-19)16(11-23-18)14-5-3-2-4-6-14/h2-12H,1H3. The Hall–Kier alpha value is -2.72. The third-order valence-corrected chi connectivity index (χ3v) is 4.60. The summed E-state index contributed by atoms with van der Waals surface area (Å²) in [7, 11) is 0. The Bertz CT molecular complexity index is 946. The Morgan fingerprint density at radius 1 is 0.913 bits per heavy atom. The second-order valence-electron chi connectivity index (χ2n) is 5.29. The first kappa shape index (κ1) is 13.9. The van der Waals surface area contributed by atoms with Crippen molar-refractivity contribution >= 4 is 21.6 Å². The van der Waals surface area contributed by atoms with Crippen LogP contribution in [0.15, 0.2) is 66.3 Å². The third-order valence-electron chi connectivity index (χ3n) is 3.64. The largest absolute Gasteiger partial charge is 0.437 e. The first-order chi connectivity index (χ1) is 11.3. The van der Waals surface area contributed by atoms with Crippen LogP contribution in [0.3, 0.4) is 0 Å². The van der Waals surface area contributed by atoms with E-state index in [2.05, 4.69) is 34.4 Å².